The topological polar surface area (TPSA) is 61.9 Å². The molecule has 26 heavy (non-hydrogen) atoms. The first-order valence-electron chi connectivity index (χ1n) is 9.53. The van der Waals surface area contributed by atoms with Crippen molar-refractivity contribution in [2.75, 3.05) is 26.7 Å². The van der Waals surface area contributed by atoms with E-state index in [1.54, 1.807) is 12.0 Å². The van der Waals surface area contributed by atoms with Gasteiger partial charge >= 0.3 is 6.03 Å². The molecule has 3 amide bonds. The molecule has 0 bridgehead atoms. The molecule has 1 atom stereocenters. The minimum atomic E-state index is -0.109. The van der Waals surface area contributed by atoms with Crippen LogP contribution in [0.15, 0.2) is 24.3 Å². The summed E-state index contributed by atoms with van der Waals surface area (Å²) in [5.41, 5.74) is 1.06. The number of methoxy groups -OCH3 is 1. The molecule has 2 aliphatic rings. The average molecular weight is 359 g/mol. The molecule has 0 spiro atoms. The van der Waals surface area contributed by atoms with Gasteiger partial charge in [-0.1, -0.05) is 25.0 Å². The van der Waals surface area contributed by atoms with Crippen molar-refractivity contribution < 1.29 is 14.3 Å². The van der Waals surface area contributed by atoms with Crippen LogP contribution < -0.4 is 10.1 Å². The van der Waals surface area contributed by atoms with E-state index in [2.05, 4.69) is 12.2 Å². The van der Waals surface area contributed by atoms with Crippen molar-refractivity contribution in [1.29, 1.82) is 0 Å². The van der Waals surface area contributed by atoms with E-state index < -0.39 is 0 Å². The van der Waals surface area contributed by atoms with Crippen molar-refractivity contribution in [2.24, 2.45) is 5.92 Å². The van der Waals surface area contributed by atoms with E-state index in [0.29, 0.717) is 25.6 Å². The zero-order chi connectivity index (χ0) is 18.5. The summed E-state index contributed by atoms with van der Waals surface area (Å²) in [5.74, 6) is 1.37. The molecule has 1 aromatic carbocycles. The zero-order valence-electron chi connectivity index (χ0n) is 15.7. The quantitative estimate of drug-likeness (QED) is 0.879. The lowest BCUT2D eigenvalue weighted by Gasteiger charge is -2.35. The summed E-state index contributed by atoms with van der Waals surface area (Å²) < 4.78 is 5.16. The molecule has 3 rings (SSSR count). The average Bonchev–Trinajstić information content (AvgIpc) is 3.19. The molecule has 0 unspecified atom stereocenters. The van der Waals surface area contributed by atoms with Crippen molar-refractivity contribution in [1.82, 2.24) is 15.1 Å². The smallest absolute Gasteiger partial charge is 0.318 e. The minimum Gasteiger partial charge on any atom is -0.497 e. The number of hydrogen-bond donors (Lipinski definition) is 1. The molecule has 1 aliphatic heterocycles. The monoisotopic (exact) mass is 359 g/mol. The van der Waals surface area contributed by atoms with E-state index in [4.69, 9.17) is 4.74 Å². The molecule has 1 N–H and O–H groups in total. The van der Waals surface area contributed by atoms with Crippen molar-refractivity contribution in [2.45, 2.75) is 45.2 Å². The largest absolute Gasteiger partial charge is 0.497 e. The highest BCUT2D eigenvalue weighted by molar-refractivity contribution is 5.85. The number of hydrogen-bond acceptors (Lipinski definition) is 3. The number of ether oxygens (including phenoxy) is 1. The fourth-order valence-electron chi connectivity index (χ4n) is 3.86. The first-order valence-corrected chi connectivity index (χ1v) is 9.53. The molecule has 1 aliphatic carbocycles. The molecule has 2 fully saturated rings. The standard InChI is InChI=1S/C20H29N3O3/c1-15(17-5-3-4-6-17)21-20(25)23-12-11-22(19(24)14-23)13-16-7-9-18(26-2)10-8-16/h7-10,15,17H,3-6,11-14H2,1-2H3,(H,21,25)/t15-/m0/s1. The summed E-state index contributed by atoms with van der Waals surface area (Å²) in [4.78, 5) is 28.4. The SMILES string of the molecule is COc1ccc(CN2CCN(C(=O)N[C@@H](C)C3CCCC3)CC2=O)cc1. The number of carbonyl (C=O) groups is 2. The summed E-state index contributed by atoms with van der Waals surface area (Å²) in [6.45, 7) is 3.94. The lowest BCUT2D eigenvalue weighted by Crippen LogP contribution is -2.55. The van der Waals surface area contributed by atoms with E-state index in [1.165, 1.54) is 25.7 Å². The van der Waals surface area contributed by atoms with E-state index in [0.717, 1.165) is 11.3 Å². The number of piperazine rings is 1. The van der Waals surface area contributed by atoms with Gasteiger partial charge in [-0.15, -0.1) is 0 Å². The molecule has 142 valence electrons. The van der Waals surface area contributed by atoms with Crippen LogP contribution in [0.5, 0.6) is 5.75 Å². The maximum absolute atomic E-state index is 12.5. The Bertz CT molecular complexity index is 626. The number of rotatable bonds is 5. The second-order valence-electron chi connectivity index (χ2n) is 7.37. The lowest BCUT2D eigenvalue weighted by atomic mass is 10.00. The number of nitrogens with zero attached hydrogens (tertiary/aromatic N) is 2. The van der Waals surface area contributed by atoms with Crippen LogP contribution in [0, 0.1) is 5.92 Å². The van der Waals surface area contributed by atoms with Crippen LogP contribution in [-0.4, -0.2) is 54.5 Å². The van der Waals surface area contributed by atoms with Crippen LogP contribution >= 0.6 is 0 Å². The van der Waals surface area contributed by atoms with Crippen molar-refractivity contribution >= 4 is 11.9 Å². The summed E-state index contributed by atoms with van der Waals surface area (Å²) in [5, 5.41) is 3.09. The van der Waals surface area contributed by atoms with E-state index >= 15 is 0 Å². The van der Waals surface area contributed by atoms with Gasteiger partial charge in [0.25, 0.3) is 0 Å². The molecular weight excluding hydrogens is 330 g/mol. The van der Waals surface area contributed by atoms with Crippen molar-refractivity contribution in [3.8, 4) is 5.75 Å². The number of amides is 3. The first-order chi connectivity index (χ1) is 12.6. The second kappa shape index (κ2) is 8.43. The van der Waals surface area contributed by atoms with Crippen LogP contribution in [0.2, 0.25) is 0 Å². The number of urea groups is 1. The molecule has 1 saturated carbocycles. The second-order valence-corrected chi connectivity index (χ2v) is 7.37. The van der Waals surface area contributed by atoms with Crippen LogP contribution in [0.4, 0.5) is 4.79 Å². The Labute approximate surface area is 155 Å². The maximum atomic E-state index is 12.5. The molecule has 6 heteroatoms. The van der Waals surface area contributed by atoms with Gasteiger partial charge in [-0.25, -0.2) is 4.79 Å². The molecule has 0 radical (unpaired) electrons. The Kier molecular flexibility index (Phi) is 6.01. The Balaban J connectivity index is 1.49. The Morgan fingerprint density at radius 1 is 1.23 bits per heavy atom. The van der Waals surface area contributed by atoms with Gasteiger partial charge < -0.3 is 19.9 Å². The van der Waals surface area contributed by atoms with Crippen molar-refractivity contribution in [3.05, 3.63) is 29.8 Å². The lowest BCUT2D eigenvalue weighted by molar-refractivity contribution is -0.135. The molecule has 6 nitrogen and oxygen atoms in total. The van der Waals surface area contributed by atoms with Gasteiger partial charge in [0.1, 0.15) is 12.3 Å². The minimum absolute atomic E-state index is 0.00395. The summed E-state index contributed by atoms with van der Waals surface area (Å²) in [6.07, 6.45) is 4.90. The van der Waals surface area contributed by atoms with Crippen LogP contribution in [0.3, 0.4) is 0 Å². The van der Waals surface area contributed by atoms with E-state index in [1.807, 2.05) is 29.2 Å². The molecule has 1 saturated heterocycles. The van der Waals surface area contributed by atoms with Gasteiger partial charge in [-0.3, -0.25) is 4.79 Å². The molecule has 1 aromatic rings. The van der Waals surface area contributed by atoms with Gasteiger partial charge in [0.2, 0.25) is 5.91 Å². The molecular formula is C20H29N3O3. The van der Waals surface area contributed by atoms with Gasteiger partial charge in [0.05, 0.1) is 7.11 Å². The third-order valence-corrected chi connectivity index (χ3v) is 5.60. The predicted octanol–water partition coefficient (Wildman–Crippen LogP) is 2.63. The maximum Gasteiger partial charge on any atom is 0.318 e. The third-order valence-electron chi connectivity index (χ3n) is 5.60. The van der Waals surface area contributed by atoms with Gasteiger partial charge in [-0.2, -0.15) is 0 Å². The van der Waals surface area contributed by atoms with Crippen LogP contribution in [0.25, 0.3) is 0 Å². The summed E-state index contributed by atoms with van der Waals surface area (Å²) in [7, 11) is 1.64. The first kappa shape index (κ1) is 18.5. The normalized spacial score (nSPS) is 19.5. The Morgan fingerprint density at radius 2 is 1.92 bits per heavy atom. The number of nitrogens with one attached hydrogen (secondary N) is 1. The number of carbonyl (C=O) groups excluding carboxylic acids is 2. The van der Waals surface area contributed by atoms with E-state index in [9.17, 15) is 9.59 Å². The summed E-state index contributed by atoms with van der Waals surface area (Å²) >= 11 is 0. The van der Waals surface area contributed by atoms with Crippen LogP contribution in [-0.2, 0) is 11.3 Å². The summed E-state index contributed by atoms with van der Waals surface area (Å²) in [6, 6.07) is 7.80. The Morgan fingerprint density at radius 3 is 2.54 bits per heavy atom. The van der Waals surface area contributed by atoms with Crippen LogP contribution in [0.1, 0.15) is 38.2 Å². The third kappa shape index (κ3) is 4.48. The highest BCUT2D eigenvalue weighted by Gasteiger charge is 2.29. The van der Waals surface area contributed by atoms with Gasteiger partial charge in [-0.05, 0) is 43.4 Å². The molecule has 0 aromatic heterocycles. The highest BCUT2D eigenvalue weighted by Crippen LogP contribution is 2.27. The molecule has 1 heterocycles. The fourth-order valence-corrected chi connectivity index (χ4v) is 3.86. The van der Waals surface area contributed by atoms with Gasteiger partial charge in [0.15, 0.2) is 0 Å². The van der Waals surface area contributed by atoms with Gasteiger partial charge in [0, 0.05) is 25.7 Å². The fraction of sp³-hybridized carbons (Fsp3) is 0.600. The Hall–Kier alpha value is -2.24. The highest BCUT2D eigenvalue weighted by atomic mass is 16.5. The van der Waals surface area contributed by atoms with Crippen molar-refractivity contribution in [3.63, 3.8) is 0 Å². The van der Waals surface area contributed by atoms with E-state index in [-0.39, 0.29) is 24.5 Å². The number of benzene rings is 1. The zero-order valence-corrected chi connectivity index (χ0v) is 15.7. The predicted molar refractivity (Wildman–Crippen MR) is 99.9 cm³/mol.